The highest BCUT2D eigenvalue weighted by Crippen LogP contribution is 2.44. The molecular formula is C55H33N5. The molecule has 4 heterocycles. The minimum atomic E-state index is 0.596. The van der Waals surface area contributed by atoms with Gasteiger partial charge in [-0.1, -0.05) is 146 Å². The molecule has 278 valence electrons. The number of hydrogen-bond donors (Lipinski definition) is 0. The summed E-state index contributed by atoms with van der Waals surface area (Å²) >= 11 is 0. The Morgan fingerprint density at radius 1 is 0.317 bits per heavy atom. The van der Waals surface area contributed by atoms with Crippen molar-refractivity contribution in [2.45, 2.75) is 0 Å². The first-order chi connectivity index (χ1) is 29.8. The van der Waals surface area contributed by atoms with E-state index >= 15 is 0 Å². The normalized spacial score (nSPS) is 12.0. The minimum absolute atomic E-state index is 0.596. The van der Waals surface area contributed by atoms with E-state index in [1.807, 2.05) is 12.3 Å². The third kappa shape index (κ3) is 4.66. The van der Waals surface area contributed by atoms with Gasteiger partial charge in [-0.15, -0.1) is 0 Å². The third-order valence-corrected chi connectivity index (χ3v) is 12.4. The van der Waals surface area contributed by atoms with Crippen LogP contribution in [0.15, 0.2) is 200 Å². The van der Waals surface area contributed by atoms with Crippen molar-refractivity contribution >= 4 is 87.0 Å². The maximum absolute atomic E-state index is 5.42. The molecule has 0 unspecified atom stereocenters. The van der Waals surface area contributed by atoms with Crippen LogP contribution in [0.5, 0.6) is 0 Å². The Bertz CT molecular complexity index is 3890. The van der Waals surface area contributed by atoms with Crippen LogP contribution in [0.1, 0.15) is 0 Å². The van der Waals surface area contributed by atoms with E-state index in [1.165, 1.54) is 65.3 Å². The Labute approximate surface area is 344 Å². The van der Waals surface area contributed by atoms with E-state index < -0.39 is 0 Å². The van der Waals surface area contributed by atoms with Crippen molar-refractivity contribution in [1.29, 1.82) is 0 Å². The van der Waals surface area contributed by atoms with E-state index in [0.717, 1.165) is 44.1 Å². The van der Waals surface area contributed by atoms with Gasteiger partial charge in [-0.25, -0.2) is 9.97 Å². The summed E-state index contributed by atoms with van der Waals surface area (Å²) in [4.78, 5) is 15.4. The molecule has 0 aliphatic heterocycles. The fourth-order valence-corrected chi connectivity index (χ4v) is 9.88. The van der Waals surface area contributed by atoms with Crippen LogP contribution < -0.4 is 0 Å². The lowest BCUT2D eigenvalue weighted by molar-refractivity contribution is 1.01. The first-order valence-electron chi connectivity index (χ1n) is 20.4. The highest BCUT2D eigenvalue weighted by molar-refractivity contribution is 6.26. The molecule has 0 spiro atoms. The number of benzene rings is 9. The van der Waals surface area contributed by atoms with Gasteiger partial charge in [0.15, 0.2) is 5.65 Å². The molecule has 0 aliphatic rings. The van der Waals surface area contributed by atoms with Crippen molar-refractivity contribution in [3.8, 4) is 34.0 Å². The summed E-state index contributed by atoms with van der Waals surface area (Å²) in [6.07, 6.45) is 1.81. The van der Waals surface area contributed by atoms with Gasteiger partial charge >= 0.3 is 0 Å². The molecule has 0 saturated heterocycles. The molecule has 0 bridgehead atoms. The first-order valence-corrected chi connectivity index (χ1v) is 20.4. The molecule has 13 aromatic rings. The molecule has 5 heteroatoms. The summed E-state index contributed by atoms with van der Waals surface area (Å²) in [5.41, 5.74) is 10.7. The van der Waals surface area contributed by atoms with E-state index in [4.69, 9.17) is 15.0 Å². The van der Waals surface area contributed by atoms with E-state index in [9.17, 15) is 0 Å². The summed E-state index contributed by atoms with van der Waals surface area (Å²) in [5, 5.41) is 12.9. The van der Waals surface area contributed by atoms with Crippen LogP contribution in [0.2, 0.25) is 0 Å². The largest absolute Gasteiger partial charge is 0.309 e. The van der Waals surface area contributed by atoms with Gasteiger partial charge < -0.3 is 4.57 Å². The average Bonchev–Trinajstić information content (AvgIpc) is 3.84. The maximum atomic E-state index is 5.42. The lowest BCUT2D eigenvalue weighted by Crippen LogP contribution is -2.04. The van der Waals surface area contributed by atoms with Crippen molar-refractivity contribution < 1.29 is 0 Å². The Morgan fingerprint density at radius 2 is 0.850 bits per heavy atom. The Balaban J connectivity index is 1.06. The van der Waals surface area contributed by atoms with Crippen LogP contribution in [0.4, 0.5) is 0 Å². The van der Waals surface area contributed by atoms with Gasteiger partial charge in [0.25, 0.3) is 0 Å². The molecular weight excluding hydrogens is 731 g/mol. The quantitative estimate of drug-likeness (QED) is 0.179. The van der Waals surface area contributed by atoms with Crippen LogP contribution in [-0.4, -0.2) is 24.1 Å². The van der Waals surface area contributed by atoms with Gasteiger partial charge in [0, 0.05) is 44.4 Å². The molecule has 9 aromatic carbocycles. The van der Waals surface area contributed by atoms with Crippen molar-refractivity contribution in [3.63, 3.8) is 0 Å². The fourth-order valence-electron chi connectivity index (χ4n) is 9.88. The van der Waals surface area contributed by atoms with Gasteiger partial charge in [0.1, 0.15) is 0 Å². The molecule has 0 radical (unpaired) electrons. The van der Waals surface area contributed by atoms with Crippen LogP contribution in [0, 0.1) is 0 Å². The summed E-state index contributed by atoms with van der Waals surface area (Å²) in [6, 6.07) is 69.7. The van der Waals surface area contributed by atoms with Crippen molar-refractivity contribution in [2.75, 3.05) is 0 Å². The lowest BCUT2D eigenvalue weighted by Gasteiger charge is -2.14. The highest BCUT2D eigenvalue weighted by Gasteiger charge is 2.22. The second kappa shape index (κ2) is 12.7. The van der Waals surface area contributed by atoms with E-state index in [2.05, 4.69) is 197 Å². The summed E-state index contributed by atoms with van der Waals surface area (Å²) in [5.74, 6) is 0.596. The topological polar surface area (TPSA) is 48.5 Å². The van der Waals surface area contributed by atoms with Crippen LogP contribution in [0.3, 0.4) is 0 Å². The van der Waals surface area contributed by atoms with Gasteiger partial charge in [-0.3, -0.25) is 4.57 Å². The van der Waals surface area contributed by atoms with E-state index in [1.54, 1.807) is 0 Å². The molecule has 60 heavy (non-hydrogen) atoms. The predicted molar refractivity (Wildman–Crippen MR) is 249 cm³/mol. The minimum Gasteiger partial charge on any atom is -0.309 e. The smallest absolute Gasteiger partial charge is 0.237 e. The zero-order valence-electron chi connectivity index (χ0n) is 32.3. The number of aromatic nitrogens is 5. The second-order valence-electron chi connectivity index (χ2n) is 15.5. The number of nitrogens with zero attached hydrogens (tertiary/aromatic N) is 5. The predicted octanol–water partition coefficient (Wildman–Crippen LogP) is 14.0. The van der Waals surface area contributed by atoms with E-state index in [-0.39, 0.29) is 0 Å². The van der Waals surface area contributed by atoms with Gasteiger partial charge in [-0.2, -0.15) is 4.98 Å². The average molecular weight is 764 g/mol. The monoisotopic (exact) mass is 763 g/mol. The first kappa shape index (κ1) is 32.9. The molecule has 0 atom stereocenters. The standard InChI is InChI=1S/C55H33N5/c1-2-16-35(17-3-1)59-47-27-8-6-19-44(47)51-41-23-11-21-37(39(41)29-31-49(51)59)38-22-12-24-42-40(38)30-32-50-52(42)45-20-7-9-28-48(45)60(50)55-57-53(46-26-13-33-56-54(46)58-55)43-25-10-15-34-14-4-5-18-36(34)43/h1-33H. The van der Waals surface area contributed by atoms with Crippen LogP contribution in [0.25, 0.3) is 121 Å². The number of para-hydroxylation sites is 3. The zero-order valence-corrected chi connectivity index (χ0v) is 32.3. The lowest BCUT2D eigenvalue weighted by atomic mass is 9.91. The molecule has 13 rings (SSSR count). The summed E-state index contributed by atoms with van der Waals surface area (Å²) < 4.78 is 4.61. The zero-order chi connectivity index (χ0) is 39.3. The van der Waals surface area contributed by atoms with Gasteiger partial charge in [-0.05, 0) is 92.0 Å². The fraction of sp³-hybridized carbons (Fsp3) is 0. The molecule has 4 aromatic heterocycles. The molecule has 0 saturated carbocycles. The van der Waals surface area contributed by atoms with Crippen molar-refractivity contribution in [1.82, 2.24) is 24.1 Å². The van der Waals surface area contributed by atoms with Crippen molar-refractivity contribution in [2.24, 2.45) is 0 Å². The Hall–Kier alpha value is -8.15. The highest BCUT2D eigenvalue weighted by atomic mass is 15.2. The van der Waals surface area contributed by atoms with Crippen LogP contribution in [-0.2, 0) is 0 Å². The molecule has 0 N–H and O–H groups in total. The maximum Gasteiger partial charge on any atom is 0.237 e. The SMILES string of the molecule is c1ccc(-n2c3ccccc3c3c4cccc(-c5cccc6c5ccc5c6c6ccccc6n5-c5nc(-c6cccc7ccccc67)c6cccnc6n5)c4ccc32)cc1. The van der Waals surface area contributed by atoms with Crippen LogP contribution >= 0.6 is 0 Å². The summed E-state index contributed by atoms with van der Waals surface area (Å²) in [7, 11) is 0. The Morgan fingerprint density at radius 3 is 1.57 bits per heavy atom. The second-order valence-corrected chi connectivity index (χ2v) is 15.5. The number of pyridine rings is 1. The van der Waals surface area contributed by atoms with Gasteiger partial charge in [0.05, 0.1) is 27.8 Å². The molecule has 5 nitrogen and oxygen atoms in total. The van der Waals surface area contributed by atoms with E-state index in [0.29, 0.717) is 11.6 Å². The number of fused-ring (bicyclic) bond motifs is 12. The van der Waals surface area contributed by atoms with Gasteiger partial charge in [0.2, 0.25) is 5.95 Å². The third-order valence-electron chi connectivity index (χ3n) is 12.4. The van der Waals surface area contributed by atoms with Crippen molar-refractivity contribution in [3.05, 3.63) is 200 Å². The Kier molecular flexibility index (Phi) is 6.95. The summed E-state index contributed by atoms with van der Waals surface area (Å²) in [6.45, 7) is 0. The molecule has 0 amide bonds. The number of rotatable bonds is 4. The molecule has 0 aliphatic carbocycles. The molecule has 0 fully saturated rings. The number of hydrogen-bond acceptors (Lipinski definition) is 3.